The van der Waals surface area contributed by atoms with Crippen LogP contribution in [-0.4, -0.2) is 77.5 Å². The molecule has 0 saturated carbocycles. The fourth-order valence-corrected chi connectivity index (χ4v) is 5.93. The number of carbonyl (C=O) groups excluding carboxylic acids is 2. The quantitative estimate of drug-likeness (QED) is 0.691. The summed E-state index contributed by atoms with van der Waals surface area (Å²) in [6.07, 6.45) is 0. The number of likely N-dealkylation sites (tertiary alicyclic amines) is 1. The summed E-state index contributed by atoms with van der Waals surface area (Å²) in [5.41, 5.74) is 2.13. The van der Waals surface area contributed by atoms with Crippen LogP contribution in [0, 0.1) is 0 Å². The highest BCUT2D eigenvalue weighted by Gasteiger charge is 2.61. The monoisotopic (exact) mass is 467 g/mol. The Morgan fingerprint density at radius 2 is 1.76 bits per heavy atom. The van der Waals surface area contributed by atoms with Crippen molar-refractivity contribution in [2.24, 2.45) is 0 Å². The molecule has 0 N–H and O–H groups in total. The van der Waals surface area contributed by atoms with Gasteiger partial charge in [-0.15, -0.1) is 0 Å². The number of hydrogen-bond donors (Lipinski definition) is 0. The van der Waals surface area contributed by atoms with Crippen LogP contribution in [-0.2, 0) is 16.1 Å². The van der Waals surface area contributed by atoms with Gasteiger partial charge in [0.25, 0.3) is 5.91 Å². The SMILES string of the molecule is CC(C)N1C(=O)c2ccccc2C(C(=O)N2CCOCC2)C12CN(Cc1ccc(Cl)cc1)C2. The lowest BCUT2D eigenvalue weighted by molar-refractivity contribution is -0.148. The van der Waals surface area contributed by atoms with Crippen LogP contribution in [0.25, 0.3) is 0 Å². The van der Waals surface area contributed by atoms with Gasteiger partial charge in [0.05, 0.1) is 24.7 Å². The molecule has 3 aliphatic rings. The molecule has 0 aliphatic carbocycles. The number of hydrogen-bond acceptors (Lipinski definition) is 4. The molecule has 3 aliphatic heterocycles. The third-order valence-corrected chi connectivity index (χ3v) is 7.39. The summed E-state index contributed by atoms with van der Waals surface area (Å²) in [4.78, 5) is 33.9. The van der Waals surface area contributed by atoms with Crippen molar-refractivity contribution in [1.29, 1.82) is 0 Å². The molecular weight excluding hydrogens is 438 g/mol. The summed E-state index contributed by atoms with van der Waals surface area (Å²) >= 11 is 6.05. The predicted molar refractivity (Wildman–Crippen MR) is 127 cm³/mol. The normalized spacial score (nSPS) is 22.4. The molecule has 0 radical (unpaired) electrons. The van der Waals surface area contributed by atoms with E-state index in [2.05, 4.69) is 4.90 Å². The van der Waals surface area contributed by atoms with Gasteiger partial charge >= 0.3 is 0 Å². The number of amides is 2. The first-order chi connectivity index (χ1) is 15.9. The Kier molecular flexibility index (Phi) is 5.93. The smallest absolute Gasteiger partial charge is 0.254 e. The van der Waals surface area contributed by atoms with E-state index in [0.29, 0.717) is 45.0 Å². The highest BCUT2D eigenvalue weighted by Crippen LogP contribution is 2.48. The van der Waals surface area contributed by atoms with Crippen molar-refractivity contribution in [2.45, 2.75) is 37.9 Å². The maximum Gasteiger partial charge on any atom is 0.254 e. The van der Waals surface area contributed by atoms with E-state index in [1.54, 1.807) is 0 Å². The van der Waals surface area contributed by atoms with Crippen LogP contribution in [0.2, 0.25) is 5.02 Å². The molecule has 2 aromatic rings. The molecule has 7 heteroatoms. The van der Waals surface area contributed by atoms with Gasteiger partial charge in [0.1, 0.15) is 0 Å². The summed E-state index contributed by atoms with van der Waals surface area (Å²) in [6, 6.07) is 15.5. The second-order valence-corrected chi connectivity index (χ2v) is 10.0. The standard InChI is InChI=1S/C26H30ClN3O3/c1-18(2)30-24(31)22-6-4-3-5-21(22)23(25(32)29-11-13-33-14-12-29)26(30)16-28(17-26)15-19-7-9-20(27)10-8-19/h3-10,18,23H,11-17H2,1-2H3. The molecule has 2 saturated heterocycles. The third kappa shape index (κ3) is 3.84. The summed E-state index contributed by atoms with van der Waals surface area (Å²) in [5.74, 6) is -0.249. The lowest BCUT2D eigenvalue weighted by Crippen LogP contribution is -2.77. The molecule has 174 valence electrons. The van der Waals surface area contributed by atoms with Crippen molar-refractivity contribution in [3.8, 4) is 0 Å². The van der Waals surface area contributed by atoms with Crippen molar-refractivity contribution in [3.63, 3.8) is 0 Å². The summed E-state index contributed by atoms with van der Waals surface area (Å²) < 4.78 is 5.49. The van der Waals surface area contributed by atoms with Gasteiger partial charge in [0.2, 0.25) is 5.91 Å². The topological polar surface area (TPSA) is 53.1 Å². The van der Waals surface area contributed by atoms with E-state index in [9.17, 15) is 9.59 Å². The molecular formula is C26H30ClN3O3. The minimum absolute atomic E-state index is 0.0106. The van der Waals surface area contributed by atoms with Crippen LogP contribution in [0.15, 0.2) is 48.5 Å². The molecule has 1 unspecified atom stereocenters. The van der Waals surface area contributed by atoms with E-state index in [-0.39, 0.29) is 23.8 Å². The first-order valence-corrected chi connectivity index (χ1v) is 12.0. The molecule has 33 heavy (non-hydrogen) atoms. The Balaban J connectivity index is 1.51. The number of halogens is 1. The van der Waals surface area contributed by atoms with Crippen molar-refractivity contribution in [3.05, 3.63) is 70.2 Å². The van der Waals surface area contributed by atoms with E-state index in [1.165, 1.54) is 5.56 Å². The van der Waals surface area contributed by atoms with Crippen LogP contribution in [0.1, 0.15) is 41.3 Å². The number of morpholine rings is 1. The van der Waals surface area contributed by atoms with Gasteiger partial charge in [-0.25, -0.2) is 0 Å². The van der Waals surface area contributed by atoms with Crippen LogP contribution in [0.5, 0.6) is 0 Å². The van der Waals surface area contributed by atoms with Crippen LogP contribution >= 0.6 is 11.6 Å². The van der Waals surface area contributed by atoms with Gasteiger partial charge in [0, 0.05) is 49.4 Å². The summed E-state index contributed by atoms with van der Waals surface area (Å²) in [6.45, 7) is 8.49. The Morgan fingerprint density at radius 3 is 2.42 bits per heavy atom. The minimum Gasteiger partial charge on any atom is -0.378 e. The first-order valence-electron chi connectivity index (χ1n) is 11.7. The number of ether oxygens (including phenoxy) is 1. The van der Waals surface area contributed by atoms with Gasteiger partial charge in [-0.1, -0.05) is 41.9 Å². The zero-order valence-corrected chi connectivity index (χ0v) is 19.9. The van der Waals surface area contributed by atoms with Crippen molar-refractivity contribution in [2.75, 3.05) is 39.4 Å². The second kappa shape index (κ2) is 8.75. The Hall–Kier alpha value is -2.41. The molecule has 0 bridgehead atoms. The maximum atomic E-state index is 14.0. The van der Waals surface area contributed by atoms with E-state index >= 15 is 0 Å². The van der Waals surface area contributed by atoms with Gasteiger partial charge in [-0.3, -0.25) is 14.5 Å². The highest BCUT2D eigenvalue weighted by atomic mass is 35.5. The summed E-state index contributed by atoms with van der Waals surface area (Å²) in [7, 11) is 0. The molecule has 0 aromatic heterocycles. The molecule has 5 rings (SSSR count). The maximum absolute atomic E-state index is 14.0. The van der Waals surface area contributed by atoms with E-state index < -0.39 is 5.54 Å². The highest BCUT2D eigenvalue weighted by molar-refractivity contribution is 6.30. The van der Waals surface area contributed by atoms with Crippen molar-refractivity contribution >= 4 is 23.4 Å². The molecule has 2 amide bonds. The van der Waals surface area contributed by atoms with Gasteiger partial charge < -0.3 is 14.5 Å². The average molecular weight is 468 g/mol. The number of nitrogens with zero attached hydrogens (tertiary/aromatic N) is 3. The number of rotatable bonds is 4. The van der Waals surface area contributed by atoms with Crippen molar-refractivity contribution in [1.82, 2.24) is 14.7 Å². The molecule has 2 aromatic carbocycles. The van der Waals surface area contributed by atoms with Crippen LogP contribution in [0.3, 0.4) is 0 Å². The average Bonchev–Trinajstić information content (AvgIpc) is 2.79. The fourth-order valence-electron chi connectivity index (χ4n) is 5.80. The molecule has 1 atom stereocenters. The van der Waals surface area contributed by atoms with E-state index in [1.807, 2.05) is 72.2 Å². The van der Waals surface area contributed by atoms with Gasteiger partial charge in [-0.2, -0.15) is 0 Å². The number of fused-ring (bicyclic) bond motifs is 1. The van der Waals surface area contributed by atoms with Gasteiger partial charge in [0.15, 0.2) is 0 Å². The molecule has 2 fully saturated rings. The largest absolute Gasteiger partial charge is 0.378 e. The van der Waals surface area contributed by atoms with E-state index in [0.717, 1.165) is 17.1 Å². The third-order valence-electron chi connectivity index (χ3n) is 7.14. The lowest BCUT2D eigenvalue weighted by Gasteiger charge is -2.62. The Morgan fingerprint density at radius 1 is 1.09 bits per heavy atom. The predicted octanol–water partition coefficient (Wildman–Crippen LogP) is 3.40. The minimum atomic E-state index is -0.554. The molecule has 6 nitrogen and oxygen atoms in total. The zero-order valence-electron chi connectivity index (χ0n) is 19.2. The fraction of sp³-hybridized carbons (Fsp3) is 0.462. The molecule has 1 spiro atoms. The number of benzene rings is 2. The Labute approximate surface area is 200 Å². The number of carbonyl (C=O) groups is 2. The van der Waals surface area contributed by atoms with E-state index in [4.69, 9.17) is 16.3 Å². The van der Waals surface area contributed by atoms with Crippen LogP contribution < -0.4 is 0 Å². The van der Waals surface area contributed by atoms with Crippen LogP contribution in [0.4, 0.5) is 0 Å². The lowest BCUT2D eigenvalue weighted by atomic mass is 9.67. The molecule has 3 heterocycles. The Bertz CT molecular complexity index is 1040. The summed E-state index contributed by atoms with van der Waals surface area (Å²) in [5, 5.41) is 0.718. The zero-order chi connectivity index (χ0) is 23.2. The second-order valence-electron chi connectivity index (χ2n) is 9.60. The van der Waals surface area contributed by atoms with Gasteiger partial charge in [-0.05, 0) is 43.2 Å². The van der Waals surface area contributed by atoms with Crippen molar-refractivity contribution < 1.29 is 14.3 Å². The first kappa shape index (κ1) is 22.4.